The average Bonchev–Trinajstić information content (AvgIpc) is 2.50. The Kier molecular flexibility index (Phi) is 7.98. The molecule has 1 aromatic carbocycles. The van der Waals surface area contributed by atoms with E-state index in [1.807, 2.05) is 30.5 Å². The van der Waals surface area contributed by atoms with Gasteiger partial charge >= 0.3 is 5.17 Å². The molecule has 0 atom stereocenters. The molecule has 0 aliphatic heterocycles. The Morgan fingerprint density at radius 1 is 1.30 bits per heavy atom. The number of rotatable bonds is 5. The fourth-order valence-electron chi connectivity index (χ4n) is 1.80. The number of nitrogens with two attached hydrogens (primary N) is 2. The standard InChI is InChI=1S/C14H15ClN4OS2.ClH/c1-20-9-5-3-8(4-6-9)7-10-11(15)18-14(21-2)19-12(10)22-13(16)17;/h3-6H,7H2,1-2H3,(H3,16,17);1H. The second-order valence-electron chi connectivity index (χ2n) is 4.31. The molecule has 0 amide bonds. The summed E-state index contributed by atoms with van der Waals surface area (Å²) in [6.45, 7) is 0. The summed E-state index contributed by atoms with van der Waals surface area (Å²) >= 11 is 8.92. The highest BCUT2D eigenvalue weighted by Crippen LogP contribution is 2.29. The quantitative estimate of drug-likeness (QED) is 0.215. The van der Waals surface area contributed by atoms with Crippen LogP contribution in [0, 0.1) is 0 Å². The van der Waals surface area contributed by atoms with Crippen molar-refractivity contribution in [3.63, 3.8) is 0 Å². The molecule has 0 unspecified atom stereocenters. The minimum atomic E-state index is 0. The third-order valence-corrected chi connectivity index (χ3v) is 4.46. The average molecular weight is 391 g/mol. The van der Waals surface area contributed by atoms with E-state index in [4.69, 9.17) is 27.5 Å². The Bertz CT molecular complexity index is 683. The molecule has 0 saturated heterocycles. The van der Waals surface area contributed by atoms with E-state index in [-0.39, 0.29) is 17.6 Å². The van der Waals surface area contributed by atoms with Crippen LogP contribution in [0.15, 0.2) is 34.4 Å². The second kappa shape index (κ2) is 9.22. The molecular weight excluding hydrogens is 375 g/mol. The van der Waals surface area contributed by atoms with Crippen molar-refractivity contribution in [2.75, 3.05) is 13.4 Å². The van der Waals surface area contributed by atoms with Gasteiger partial charge in [0.25, 0.3) is 0 Å². The molecule has 0 fully saturated rings. The van der Waals surface area contributed by atoms with Gasteiger partial charge in [-0.05, 0) is 24.0 Å². The molecule has 2 aromatic rings. The minimum Gasteiger partial charge on any atom is -1.00 e. The SMILES string of the molecule is COc1ccc(Cc2c(Cl)nc(SC)nc2SC(N)=[NH2+])cc1.[Cl-]. The molecule has 0 radical (unpaired) electrons. The number of benzene rings is 1. The zero-order chi connectivity index (χ0) is 16.1. The van der Waals surface area contributed by atoms with E-state index in [0.29, 0.717) is 21.8 Å². The summed E-state index contributed by atoms with van der Waals surface area (Å²) in [6, 6.07) is 7.75. The maximum absolute atomic E-state index is 6.31. The van der Waals surface area contributed by atoms with Crippen molar-refractivity contribution in [1.29, 1.82) is 0 Å². The molecule has 0 saturated carbocycles. The Morgan fingerprint density at radius 2 is 1.96 bits per heavy atom. The summed E-state index contributed by atoms with van der Waals surface area (Å²) in [7, 11) is 1.63. The van der Waals surface area contributed by atoms with Crippen LogP contribution >= 0.6 is 35.1 Å². The number of thioether (sulfide) groups is 2. The lowest BCUT2D eigenvalue weighted by Gasteiger charge is -2.10. The van der Waals surface area contributed by atoms with Gasteiger partial charge in [0, 0.05) is 23.7 Å². The molecular formula is C14H16Cl2N4OS2. The van der Waals surface area contributed by atoms with Crippen LogP contribution in [0.3, 0.4) is 0 Å². The summed E-state index contributed by atoms with van der Waals surface area (Å²) in [5.41, 5.74) is 7.48. The monoisotopic (exact) mass is 390 g/mol. The maximum Gasteiger partial charge on any atom is 0.306 e. The molecule has 5 nitrogen and oxygen atoms in total. The normalized spacial score (nSPS) is 10.0. The van der Waals surface area contributed by atoms with Gasteiger partial charge in [-0.25, -0.2) is 9.97 Å². The van der Waals surface area contributed by atoms with E-state index in [0.717, 1.165) is 16.9 Å². The lowest BCUT2D eigenvalue weighted by Crippen LogP contribution is -3.00. The highest BCUT2D eigenvalue weighted by Gasteiger charge is 2.16. The first kappa shape index (κ1) is 19.9. The van der Waals surface area contributed by atoms with Gasteiger partial charge in [0.15, 0.2) is 5.16 Å². The second-order valence-corrected chi connectivity index (χ2v) is 6.51. The molecule has 0 aliphatic carbocycles. The number of amidine groups is 1. The van der Waals surface area contributed by atoms with Crippen molar-refractivity contribution in [2.24, 2.45) is 5.73 Å². The molecule has 4 N–H and O–H groups in total. The van der Waals surface area contributed by atoms with E-state index in [1.165, 1.54) is 23.5 Å². The summed E-state index contributed by atoms with van der Waals surface area (Å²) < 4.78 is 5.16. The van der Waals surface area contributed by atoms with E-state index in [9.17, 15) is 0 Å². The van der Waals surface area contributed by atoms with Gasteiger partial charge < -0.3 is 17.1 Å². The summed E-state index contributed by atoms with van der Waals surface area (Å²) in [4.78, 5) is 8.72. The summed E-state index contributed by atoms with van der Waals surface area (Å²) in [6.07, 6.45) is 2.48. The van der Waals surface area contributed by atoms with Crippen LogP contribution < -0.4 is 28.3 Å². The fourth-order valence-corrected chi connectivity index (χ4v) is 3.22. The lowest BCUT2D eigenvalue weighted by atomic mass is 10.1. The van der Waals surface area contributed by atoms with Gasteiger partial charge in [-0.15, -0.1) is 0 Å². The van der Waals surface area contributed by atoms with Crippen LogP contribution in [-0.2, 0) is 6.42 Å². The van der Waals surface area contributed by atoms with E-state index in [2.05, 4.69) is 9.97 Å². The number of aromatic nitrogens is 2. The highest BCUT2D eigenvalue weighted by molar-refractivity contribution is 8.13. The first-order valence-corrected chi connectivity index (χ1v) is 8.74. The van der Waals surface area contributed by atoms with Crippen LogP contribution in [0.2, 0.25) is 5.15 Å². The first-order chi connectivity index (χ1) is 10.5. The molecule has 23 heavy (non-hydrogen) atoms. The van der Waals surface area contributed by atoms with Crippen LogP contribution in [0.4, 0.5) is 0 Å². The third-order valence-electron chi connectivity index (χ3n) is 2.84. The number of methoxy groups -OCH3 is 1. The number of hydrogen-bond donors (Lipinski definition) is 2. The van der Waals surface area contributed by atoms with Crippen molar-refractivity contribution < 1.29 is 22.6 Å². The molecule has 1 aromatic heterocycles. The largest absolute Gasteiger partial charge is 1.00 e. The van der Waals surface area contributed by atoms with Gasteiger partial charge in [-0.1, -0.05) is 35.5 Å². The molecule has 2 rings (SSSR count). The number of halogens is 2. The van der Waals surface area contributed by atoms with Crippen molar-refractivity contribution >= 4 is 40.3 Å². The number of hydrogen-bond acceptors (Lipinski definition) is 5. The van der Waals surface area contributed by atoms with Crippen LogP contribution in [0.25, 0.3) is 0 Å². The Balaban J connectivity index is 0.00000264. The van der Waals surface area contributed by atoms with Crippen LogP contribution in [0.1, 0.15) is 11.1 Å². The lowest BCUT2D eigenvalue weighted by molar-refractivity contribution is -0.110. The predicted molar refractivity (Wildman–Crippen MR) is 91.6 cm³/mol. The fraction of sp³-hybridized carbons (Fsp3) is 0.214. The smallest absolute Gasteiger partial charge is 0.306 e. The summed E-state index contributed by atoms with van der Waals surface area (Å²) in [5, 5.41) is 7.50. The van der Waals surface area contributed by atoms with Gasteiger partial charge in [-0.3, -0.25) is 11.1 Å². The van der Waals surface area contributed by atoms with Crippen LogP contribution in [-0.4, -0.2) is 28.5 Å². The van der Waals surface area contributed by atoms with Crippen molar-refractivity contribution in [1.82, 2.24) is 9.97 Å². The summed E-state index contributed by atoms with van der Waals surface area (Å²) in [5.74, 6) is 0.804. The zero-order valence-corrected chi connectivity index (χ0v) is 15.7. The third kappa shape index (κ3) is 5.46. The van der Waals surface area contributed by atoms with Crippen molar-refractivity contribution in [3.05, 3.63) is 40.5 Å². The van der Waals surface area contributed by atoms with E-state index >= 15 is 0 Å². The van der Waals surface area contributed by atoms with Gasteiger partial charge in [0.2, 0.25) is 0 Å². The number of ether oxygens (including phenoxy) is 1. The maximum atomic E-state index is 6.31. The van der Waals surface area contributed by atoms with E-state index in [1.54, 1.807) is 7.11 Å². The van der Waals surface area contributed by atoms with Crippen molar-refractivity contribution in [2.45, 2.75) is 16.6 Å². The van der Waals surface area contributed by atoms with Gasteiger partial charge in [0.1, 0.15) is 15.9 Å². The first-order valence-electron chi connectivity index (χ1n) is 6.32. The van der Waals surface area contributed by atoms with E-state index < -0.39 is 0 Å². The molecule has 0 spiro atoms. The molecule has 1 heterocycles. The minimum absolute atomic E-state index is 0. The Labute approximate surface area is 154 Å². The Hall–Kier alpha value is -1.15. The zero-order valence-electron chi connectivity index (χ0n) is 12.5. The van der Waals surface area contributed by atoms with Gasteiger partial charge in [-0.2, -0.15) is 0 Å². The van der Waals surface area contributed by atoms with Crippen molar-refractivity contribution in [3.8, 4) is 5.75 Å². The Morgan fingerprint density at radius 3 is 2.48 bits per heavy atom. The molecule has 0 aliphatic rings. The van der Waals surface area contributed by atoms with Gasteiger partial charge in [0.05, 0.1) is 7.11 Å². The molecule has 0 bridgehead atoms. The molecule has 9 heteroatoms. The highest BCUT2D eigenvalue weighted by atomic mass is 35.5. The topological polar surface area (TPSA) is 86.6 Å². The number of nitrogens with zero attached hydrogens (tertiary/aromatic N) is 2. The molecule has 124 valence electrons. The predicted octanol–water partition coefficient (Wildman–Crippen LogP) is -1.38. The van der Waals surface area contributed by atoms with Crippen LogP contribution in [0.5, 0.6) is 5.75 Å².